The Morgan fingerprint density at radius 2 is 1.67 bits per heavy atom. The van der Waals surface area contributed by atoms with Crippen LogP contribution in [0.15, 0.2) is 139 Å². The third-order valence-electron chi connectivity index (χ3n) is 10.7. The average molecular weight is 678 g/mol. The number of imidazole rings is 1. The van der Waals surface area contributed by atoms with Crippen molar-refractivity contribution in [3.8, 4) is 11.1 Å². The van der Waals surface area contributed by atoms with Crippen LogP contribution in [0.5, 0.6) is 0 Å². The van der Waals surface area contributed by atoms with Crippen LogP contribution in [0.25, 0.3) is 23.3 Å². The summed E-state index contributed by atoms with van der Waals surface area (Å²) in [4.78, 5) is 29.6. The molecule has 6 nitrogen and oxygen atoms in total. The molecular formula is C46H39N5O. The van der Waals surface area contributed by atoms with Crippen LogP contribution in [0.4, 0.5) is 11.4 Å². The number of rotatable bonds is 4. The average Bonchev–Trinajstić information content (AvgIpc) is 3.84. The van der Waals surface area contributed by atoms with Gasteiger partial charge in [0.05, 0.1) is 24.5 Å². The highest BCUT2D eigenvalue weighted by Crippen LogP contribution is 2.35. The molecule has 0 radical (unpaired) electrons. The van der Waals surface area contributed by atoms with E-state index in [9.17, 15) is 4.79 Å². The van der Waals surface area contributed by atoms with Gasteiger partial charge in [0, 0.05) is 48.3 Å². The third-order valence-corrected chi connectivity index (χ3v) is 10.7. The quantitative estimate of drug-likeness (QED) is 0.210. The number of aromatic amines is 1. The number of aromatic nitrogens is 2. The minimum absolute atomic E-state index is 0.0465. The zero-order valence-corrected chi connectivity index (χ0v) is 29.0. The molecule has 6 aromatic rings. The van der Waals surface area contributed by atoms with Crippen LogP contribution in [-0.4, -0.2) is 28.6 Å². The molecule has 254 valence electrons. The summed E-state index contributed by atoms with van der Waals surface area (Å²) in [6.45, 7) is 1.51. The second-order valence-corrected chi connectivity index (χ2v) is 13.7. The number of nitrogens with zero attached hydrogens (tertiary/aromatic N) is 4. The van der Waals surface area contributed by atoms with E-state index in [1.807, 2.05) is 41.8 Å². The number of hydrogen-bond acceptors (Lipinski definition) is 4. The van der Waals surface area contributed by atoms with Crippen LogP contribution < -0.4 is 20.2 Å². The van der Waals surface area contributed by atoms with E-state index in [4.69, 9.17) is 0 Å². The van der Waals surface area contributed by atoms with Crippen molar-refractivity contribution >= 4 is 35.6 Å². The molecule has 2 aliphatic heterocycles. The minimum Gasteiger partial charge on any atom is -0.351 e. The fourth-order valence-electron chi connectivity index (χ4n) is 8.17. The molecule has 0 saturated heterocycles. The number of H-pyrrole nitrogens is 1. The summed E-state index contributed by atoms with van der Waals surface area (Å²) < 4.78 is 0. The van der Waals surface area contributed by atoms with Gasteiger partial charge in [-0.25, -0.2) is 4.98 Å². The monoisotopic (exact) mass is 677 g/mol. The maximum Gasteiger partial charge on any atom is 0.234 e. The summed E-state index contributed by atoms with van der Waals surface area (Å²) in [6.07, 6.45) is 17.7. The van der Waals surface area contributed by atoms with Gasteiger partial charge in [-0.05, 0) is 92.6 Å². The van der Waals surface area contributed by atoms with Crippen LogP contribution in [0.1, 0.15) is 46.7 Å². The molecule has 1 N–H and O–H groups in total. The smallest absolute Gasteiger partial charge is 0.234 e. The van der Waals surface area contributed by atoms with Crippen LogP contribution >= 0.6 is 0 Å². The summed E-state index contributed by atoms with van der Waals surface area (Å²) >= 11 is 0. The Balaban J connectivity index is 0.000000142. The van der Waals surface area contributed by atoms with E-state index in [0.717, 1.165) is 54.9 Å². The number of aliphatic imine (C=N–C) groups is 1. The molecular weight excluding hydrogens is 639 g/mol. The number of para-hydroxylation sites is 1. The van der Waals surface area contributed by atoms with Crippen molar-refractivity contribution < 1.29 is 4.79 Å². The number of carbonyl (C=O) groups is 1. The molecule has 1 aromatic heterocycles. The van der Waals surface area contributed by atoms with E-state index in [1.54, 1.807) is 6.33 Å². The van der Waals surface area contributed by atoms with Crippen molar-refractivity contribution in [2.45, 2.75) is 38.1 Å². The lowest BCUT2D eigenvalue weighted by molar-refractivity contribution is -0.120. The highest BCUT2D eigenvalue weighted by atomic mass is 16.2. The Bertz CT molecular complexity index is 2570. The molecule has 3 heterocycles. The Morgan fingerprint density at radius 3 is 2.58 bits per heavy atom. The van der Waals surface area contributed by atoms with E-state index < -0.39 is 0 Å². The zero-order valence-electron chi connectivity index (χ0n) is 29.0. The number of anilines is 2. The molecule has 6 heteroatoms. The lowest BCUT2D eigenvalue weighted by atomic mass is 9.81. The molecule has 2 aliphatic carbocycles. The number of hydrogen-bond donors (Lipinski definition) is 1. The van der Waals surface area contributed by atoms with Gasteiger partial charge in [-0.15, -0.1) is 0 Å². The molecule has 1 atom stereocenters. The van der Waals surface area contributed by atoms with Gasteiger partial charge in [0.15, 0.2) is 0 Å². The highest BCUT2D eigenvalue weighted by molar-refractivity contribution is 6.00. The van der Waals surface area contributed by atoms with Crippen LogP contribution in [-0.2, 0) is 24.2 Å². The third kappa shape index (κ3) is 5.96. The molecule has 1 amide bonds. The van der Waals surface area contributed by atoms with Gasteiger partial charge in [0.1, 0.15) is 0 Å². The van der Waals surface area contributed by atoms with Gasteiger partial charge in [0.25, 0.3) is 0 Å². The van der Waals surface area contributed by atoms with Gasteiger partial charge in [-0.2, -0.15) is 0 Å². The molecule has 52 heavy (non-hydrogen) atoms. The van der Waals surface area contributed by atoms with Crippen molar-refractivity contribution in [2.75, 3.05) is 16.3 Å². The first-order valence-electron chi connectivity index (χ1n) is 18.2. The molecule has 0 saturated carbocycles. The predicted molar refractivity (Wildman–Crippen MR) is 210 cm³/mol. The number of carbonyl (C=O) groups excluding carboxylic acids is 1. The lowest BCUT2D eigenvalue weighted by Gasteiger charge is -2.28. The van der Waals surface area contributed by atoms with Crippen molar-refractivity contribution in [1.29, 1.82) is 0 Å². The van der Waals surface area contributed by atoms with Crippen LogP contribution in [0.2, 0.25) is 0 Å². The summed E-state index contributed by atoms with van der Waals surface area (Å²) in [5.74, 6) is 0.228. The molecule has 0 spiro atoms. The molecule has 10 rings (SSSR count). The van der Waals surface area contributed by atoms with Gasteiger partial charge in [-0.3, -0.25) is 9.79 Å². The van der Waals surface area contributed by atoms with E-state index in [2.05, 4.69) is 129 Å². The van der Waals surface area contributed by atoms with Gasteiger partial charge >= 0.3 is 0 Å². The fraction of sp³-hybridized carbons (Fsp3) is 0.152. The summed E-state index contributed by atoms with van der Waals surface area (Å²) in [5, 5.41) is 5.15. The van der Waals surface area contributed by atoms with Crippen molar-refractivity contribution in [1.82, 2.24) is 9.97 Å². The predicted octanol–water partition coefficient (Wildman–Crippen LogP) is 7.54. The van der Waals surface area contributed by atoms with Crippen molar-refractivity contribution in [3.05, 3.63) is 183 Å². The first-order valence-corrected chi connectivity index (χ1v) is 18.2. The van der Waals surface area contributed by atoms with E-state index in [0.29, 0.717) is 6.54 Å². The zero-order chi connectivity index (χ0) is 34.9. The maximum atomic E-state index is 13.8. The Kier molecular flexibility index (Phi) is 8.41. The van der Waals surface area contributed by atoms with Crippen LogP contribution in [0, 0.1) is 10.4 Å². The van der Waals surface area contributed by atoms with E-state index >= 15 is 0 Å². The first-order chi connectivity index (χ1) is 25.7. The van der Waals surface area contributed by atoms with Crippen molar-refractivity contribution in [2.24, 2.45) is 4.99 Å². The Hall–Kier alpha value is -6.27. The Labute approximate surface area is 303 Å². The van der Waals surface area contributed by atoms with Crippen LogP contribution in [0.3, 0.4) is 0 Å². The Morgan fingerprint density at radius 1 is 0.808 bits per heavy atom. The molecule has 1 unspecified atom stereocenters. The van der Waals surface area contributed by atoms with Crippen molar-refractivity contribution in [3.63, 3.8) is 0 Å². The summed E-state index contributed by atoms with van der Waals surface area (Å²) in [7, 11) is 0. The highest BCUT2D eigenvalue weighted by Gasteiger charge is 2.33. The normalized spacial score (nSPS) is 16.1. The first kappa shape index (κ1) is 31.7. The number of nitrogens with one attached hydrogen (secondary N) is 1. The molecule has 4 aliphatic rings. The fourth-order valence-corrected chi connectivity index (χ4v) is 8.17. The van der Waals surface area contributed by atoms with Gasteiger partial charge in [-0.1, -0.05) is 103 Å². The summed E-state index contributed by atoms with van der Waals surface area (Å²) in [6, 6.07) is 38.3. The largest absolute Gasteiger partial charge is 0.351 e. The van der Waals surface area contributed by atoms with Gasteiger partial charge < -0.3 is 14.8 Å². The number of benzene rings is 5. The second kappa shape index (κ2) is 13.8. The second-order valence-electron chi connectivity index (χ2n) is 13.7. The minimum atomic E-state index is -0.0465. The topological polar surface area (TPSA) is 64.6 Å². The summed E-state index contributed by atoms with van der Waals surface area (Å²) in [5.41, 5.74) is 10.6. The molecule has 0 fully saturated rings. The lowest BCUT2D eigenvalue weighted by Crippen LogP contribution is -2.37. The molecule has 0 bridgehead atoms. The number of fused-ring (bicyclic) bond motifs is 6. The SMILES string of the molecule is C1=CN(Cc2c[nH]cn2)c2ccc(-c3ccccc3)cc2C=N1.O=C(C1CCC=c2ccc3c(c21)CC=c1ccccc1=3)N1CCc2ccccc21. The molecule has 5 aromatic carbocycles. The maximum absolute atomic E-state index is 13.8. The number of amides is 1. The van der Waals surface area contributed by atoms with E-state index in [1.165, 1.54) is 48.7 Å². The van der Waals surface area contributed by atoms with E-state index in [-0.39, 0.29) is 11.8 Å². The van der Waals surface area contributed by atoms with Gasteiger partial charge in [0.2, 0.25) is 5.91 Å². The standard InChI is InChI=1S/C27H23NO.C19H16N4/c29-27(28-17-16-19-7-2-4-11-25(19)28)24-10-5-8-20-13-14-22-21-9-3-1-6-18(21)12-15-23(22)26(20)24;1-2-4-15(5-3-1)16-6-7-19-17(10-16)11-20-8-9-23(19)13-18-12-21-14-22-18/h1-4,6-9,11-14,24H,5,10,15-17H2;1-12,14H,13H2,(H,21,22).